The lowest BCUT2D eigenvalue weighted by molar-refractivity contribution is -0.481. The second kappa shape index (κ2) is 15.4. The maximum atomic E-state index is 14.0. The molecule has 0 bridgehead atoms. The molecule has 0 fully saturated rings. The van der Waals surface area contributed by atoms with Gasteiger partial charge in [0, 0.05) is 0 Å². The van der Waals surface area contributed by atoms with Gasteiger partial charge in [0.2, 0.25) is 0 Å². The molecule has 0 saturated carbocycles. The van der Waals surface area contributed by atoms with Gasteiger partial charge in [-0.3, -0.25) is 0 Å². The van der Waals surface area contributed by atoms with E-state index in [4.69, 9.17) is 0 Å². The quantitative estimate of drug-likeness (QED) is 0.0580. The standard InChI is InChI=1S/C26H27F25/c1-2-3-4-5-6-7-8-9-10-11-12-13-14-15(27,28)16(29,30)17(31,32)18(33,34)19(35,36)20(37,38)21(39,40)22(41,42)23(43,44)24(45,46)25(47,48)26(49,50)51/h13-14H,2-12H2,1H3/b14-13+. The van der Waals surface area contributed by atoms with Gasteiger partial charge in [-0.05, 0) is 18.9 Å². The van der Waals surface area contributed by atoms with E-state index >= 15 is 0 Å². The molecule has 25 heteroatoms. The van der Waals surface area contributed by atoms with Crippen molar-refractivity contribution in [2.45, 2.75) is 149 Å². The second-order valence-electron chi connectivity index (χ2n) is 11.2. The third-order valence-corrected chi connectivity index (χ3v) is 7.38. The van der Waals surface area contributed by atoms with Gasteiger partial charge in [0.05, 0.1) is 0 Å². The molecule has 0 N–H and O–H groups in total. The Kier molecular flexibility index (Phi) is 14.8. The molecule has 0 aromatic heterocycles. The van der Waals surface area contributed by atoms with Gasteiger partial charge in [-0.15, -0.1) is 0 Å². The molecule has 0 rings (SSSR count). The minimum atomic E-state index is -9.58. The van der Waals surface area contributed by atoms with Crippen LogP contribution in [0.4, 0.5) is 110 Å². The lowest BCUT2D eigenvalue weighted by Gasteiger charge is -2.45. The first-order valence-corrected chi connectivity index (χ1v) is 14.2. The van der Waals surface area contributed by atoms with Crippen molar-refractivity contribution in [3.8, 4) is 0 Å². The molecule has 0 aromatic carbocycles. The summed E-state index contributed by atoms with van der Waals surface area (Å²) in [6.07, 6.45) is -4.12. The highest BCUT2D eigenvalue weighted by Crippen LogP contribution is 2.67. The number of hydrogen-bond donors (Lipinski definition) is 0. The molecule has 0 atom stereocenters. The van der Waals surface area contributed by atoms with Crippen LogP contribution in [0.2, 0.25) is 0 Å². The van der Waals surface area contributed by atoms with E-state index in [2.05, 4.69) is 0 Å². The van der Waals surface area contributed by atoms with Crippen LogP contribution < -0.4 is 0 Å². The zero-order chi connectivity index (χ0) is 41.2. The monoisotopic (exact) mass is 814 g/mol. The summed E-state index contributed by atoms with van der Waals surface area (Å²) in [7, 11) is 0. The van der Waals surface area contributed by atoms with Gasteiger partial charge in [-0.25, -0.2) is 0 Å². The average molecular weight is 814 g/mol. The van der Waals surface area contributed by atoms with E-state index < -0.39 is 83.8 Å². The molecule has 0 aliphatic carbocycles. The van der Waals surface area contributed by atoms with Gasteiger partial charge < -0.3 is 0 Å². The summed E-state index contributed by atoms with van der Waals surface area (Å²) in [6, 6.07) is 0. The summed E-state index contributed by atoms with van der Waals surface area (Å²) >= 11 is 0. The third-order valence-electron chi connectivity index (χ3n) is 7.38. The molecule has 0 spiro atoms. The van der Waals surface area contributed by atoms with Crippen LogP contribution in [-0.4, -0.2) is 71.3 Å². The van der Waals surface area contributed by atoms with Crippen LogP contribution in [0.25, 0.3) is 0 Å². The Morgan fingerprint density at radius 3 is 0.804 bits per heavy atom. The Balaban J connectivity index is 6.40. The fourth-order valence-corrected chi connectivity index (χ4v) is 4.05. The number of unbranched alkanes of at least 4 members (excludes halogenated alkanes) is 10. The van der Waals surface area contributed by atoms with Crippen molar-refractivity contribution in [3.05, 3.63) is 12.2 Å². The SMILES string of the molecule is CCCCCCCCCCCC/C=C/C(F)(F)C(F)(F)C(F)(F)C(F)(F)C(F)(F)C(F)(F)C(F)(F)C(F)(F)C(F)(F)C(F)(F)C(F)(F)C(F)(F)F. The molecule has 0 heterocycles. The normalized spacial score (nSPS) is 16.0. The first-order chi connectivity index (χ1) is 22.3. The maximum absolute atomic E-state index is 14.0. The van der Waals surface area contributed by atoms with Gasteiger partial charge in [-0.2, -0.15) is 110 Å². The van der Waals surface area contributed by atoms with Gasteiger partial charge in [0.25, 0.3) is 0 Å². The summed E-state index contributed by atoms with van der Waals surface area (Å²) in [5.41, 5.74) is 0. The zero-order valence-electron chi connectivity index (χ0n) is 25.4. The van der Waals surface area contributed by atoms with Crippen LogP contribution in [0.1, 0.15) is 77.6 Å². The van der Waals surface area contributed by atoms with Gasteiger partial charge >= 0.3 is 71.3 Å². The molecular formula is C26H27F25. The number of allylic oxidation sites excluding steroid dienone is 2. The predicted octanol–water partition coefficient (Wildman–Crippen LogP) is 13.4. The molecule has 306 valence electrons. The molecule has 0 nitrogen and oxygen atoms in total. The van der Waals surface area contributed by atoms with Crippen LogP contribution in [0.15, 0.2) is 12.2 Å². The Morgan fingerprint density at radius 2 is 0.529 bits per heavy atom. The Hall–Kier alpha value is -2.01. The van der Waals surface area contributed by atoms with Crippen molar-refractivity contribution in [3.63, 3.8) is 0 Å². The molecule has 0 aliphatic heterocycles. The molecule has 51 heavy (non-hydrogen) atoms. The van der Waals surface area contributed by atoms with E-state index in [9.17, 15) is 110 Å². The maximum Gasteiger partial charge on any atom is 0.460 e. The highest BCUT2D eigenvalue weighted by molar-refractivity contribution is 5.21. The van der Waals surface area contributed by atoms with Gasteiger partial charge in [0.15, 0.2) is 0 Å². The van der Waals surface area contributed by atoms with Crippen LogP contribution in [0.3, 0.4) is 0 Å². The summed E-state index contributed by atoms with van der Waals surface area (Å²) < 4.78 is 338. The first-order valence-electron chi connectivity index (χ1n) is 14.2. The van der Waals surface area contributed by atoms with Gasteiger partial charge in [-0.1, -0.05) is 70.8 Å². The summed E-state index contributed by atoms with van der Waals surface area (Å²) in [4.78, 5) is 0. The number of halogens is 25. The van der Waals surface area contributed by atoms with E-state index in [1.165, 1.54) is 0 Å². The van der Waals surface area contributed by atoms with Crippen LogP contribution >= 0.6 is 0 Å². The third kappa shape index (κ3) is 8.09. The lowest BCUT2D eigenvalue weighted by Crippen LogP contribution is -2.78. The van der Waals surface area contributed by atoms with Crippen molar-refractivity contribution in [1.82, 2.24) is 0 Å². The Labute approximate surface area is 271 Å². The van der Waals surface area contributed by atoms with E-state index in [0.29, 0.717) is 19.3 Å². The van der Waals surface area contributed by atoms with Crippen molar-refractivity contribution in [1.29, 1.82) is 0 Å². The fourth-order valence-electron chi connectivity index (χ4n) is 4.05. The summed E-state index contributed by atoms with van der Waals surface area (Å²) in [6.45, 7) is 1.96. The number of hydrogen-bond acceptors (Lipinski definition) is 0. The molecule has 0 saturated heterocycles. The van der Waals surface area contributed by atoms with E-state index in [-0.39, 0.29) is 18.9 Å². The molecule has 0 aliphatic rings. The van der Waals surface area contributed by atoms with Crippen LogP contribution in [0.5, 0.6) is 0 Å². The largest absolute Gasteiger partial charge is 0.460 e. The number of alkyl halides is 25. The molecule has 0 amide bonds. The van der Waals surface area contributed by atoms with E-state index in [1.807, 2.05) is 6.92 Å². The van der Waals surface area contributed by atoms with E-state index in [0.717, 1.165) is 32.1 Å². The second-order valence-corrected chi connectivity index (χ2v) is 11.2. The Morgan fingerprint density at radius 1 is 0.294 bits per heavy atom. The minimum absolute atomic E-state index is 0.132. The van der Waals surface area contributed by atoms with Gasteiger partial charge in [0.1, 0.15) is 0 Å². The lowest BCUT2D eigenvalue weighted by atomic mass is 9.84. The molecule has 0 unspecified atom stereocenters. The van der Waals surface area contributed by atoms with Crippen molar-refractivity contribution in [2.24, 2.45) is 0 Å². The topological polar surface area (TPSA) is 0 Å². The first kappa shape index (κ1) is 49.0. The Bertz CT molecular complexity index is 1130. The molecular weight excluding hydrogens is 787 g/mol. The fraction of sp³-hybridized carbons (Fsp3) is 0.923. The summed E-state index contributed by atoms with van der Waals surface area (Å²) in [5.74, 6) is -98.1. The highest BCUT2D eigenvalue weighted by Gasteiger charge is 2.99. The van der Waals surface area contributed by atoms with Crippen molar-refractivity contribution < 1.29 is 110 Å². The zero-order valence-corrected chi connectivity index (χ0v) is 25.4. The summed E-state index contributed by atoms with van der Waals surface area (Å²) in [5, 5.41) is 0. The number of rotatable bonds is 22. The van der Waals surface area contributed by atoms with Crippen molar-refractivity contribution in [2.75, 3.05) is 0 Å². The average Bonchev–Trinajstić information content (AvgIpc) is 2.95. The highest BCUT2D eigenvalue weighted by atomic mass is 19.4. The molecule has 0 aromatic rings. The van der Waals surface area contributed by atoms with E-state index in [1.54, 1.807) is 0 Å². The molecule has 0 radical (unpaired) electrons. The predicted molar refractivity (Wildman–Crippen MR) is 126 cm³/mol. The minimum Gasteiger partial charge on any atom is -0.195 e. The van der Waals surface area contributed by atoms with Crippen LogP contribution in [0, 0.1) is 0 Å². The smallest absolute Gasteiger partial charge is 0.195 e. The van der Waals surface area contributed by atoms with Crippen LogP contribution in [-0.2, 0) is 0 Å². The van der Waals surface area contributed by atoms with Crippen molar-refractivity contribution >= 4 is 0 Å².